The van der Waals surface area contributed by atoms with Crippen LogP contribution in [0.5, 0.6) is 11.5 Å². The molecule has 6 aromatic rings. The number of hydrogen-bond acceptors (Lipinski definition) is 7. The summed E-state index contributed by atoms with van der Waals surface area (Å²) in [6, 6.07) is 34.5. The molecule has 0 radical (unpaired) electrons. The average Bonchev–Trinajstić information content (AvgIpc) is 3.98. The number of hydrogen-bond donors (Lipinski definition) is 2. The summed E-state index contributed by atoms with van der Waals surface area (Å²) in [5.41, 5.74) is 9.34. The van der Waals surface area contributed by atoms with Crippen LogP contribution in [0.15, 0.2) is 109 Å². The molecule has 2 aromatic heterocycles. The first-order valence-corrected chi connectivity index (χ1v) is 24.5. The van der Waals surface area contributed by atoms with Gasteiger partial charge in [0.1, 0.15) is 34.2 Å². The number of imidazole rings is 2. The Hall–Kier alpha value is -5.22. The molecular weight excluding hydrogens is 805 g/mol. The number of rotatable bonds is 20. The summed E-state index contributed by atoms with van der Waals surface area (Å²) < 4.78 is 19.5. The van der Waals surface area contributed by atoms with Gasteiger partial charge in [-0.25, -0.2) is 9.97 Å². The minimum Gasteiger partial charge on any atom is -0.494 e. The van der Waals surface area contributed by atoms with E-state index in [9.17, 15) is 0 Å². The lowest BCUT2D eigenvalue weighted by Gasteiger charge is -2.59. The van der Waals surface area contributed by atoms with Gasteiger partial charge in [-0.05, 0) is 150 Å². The Labute approximate surface area is 385 Å². The van der Waals surface area contributed by atoms with Crippen molar-refractivity contribution in [1.82, 2.24) is 29.7 Å². The van der Waals surface area contributed by atoms with Gasteiger partial charge in [0, 0.05) is 37.8 Å². The second-order valence-corrected chi connectivity index (χ2v) is 19.8. The van der Waals surface area contributed by atoms with Crippen LogP contribution in [0.25, 0.3) is 33.2 Å². The monoisotopic (exact) mass is 873 g/mol. The molecule has 2 saturated carbocycles. The van der Waals surface area contributed by atoms with Crippen LogP contribution in [-0.2, 0) is 17.6 Å². The van der Waals surface area contributed by atoms with E-state index in [1.54, 1.807) is 25.4 Å². The van der Waals surface area contributed by atoms with Gasteiger partial charge in [-0.15, -0.1) is 0 Å². The summed E-state index contributed by atoms with van der Waals surface area (Å²) in [6.07, 6.45) is 18.4. The minimum atomic E-state index is -0.218. The Morgan fingerprint density at radius 3 is 1.40 bits per heavy atom. The van der Waals surface area contributed by atoms with Gasteiger partial charge in [0.25, 0.3) is 0 Å². The van der Waals surface area contributed by atoms with Crippen molar-refractivity contribution in [2.24, 2.45) is 23.7 Å². The van der Waals surface area contributed by atoms with Gasteiger partial charge in [-0.1, -0.05) is 84.9 Å². The molecule has 0 spiro atoms. The Balaban J connectivity index is 0.889. The maximum atomic E-state index is 8.31. The molecule has 9 nitrogen and oxygen atoms in total. The van der Waals surface area contributed by atoms with E-state index in [2.05, 4.69) is 119 Å². The molecular formula is C56H68N6O3. The molecule has 12 rings (SSSR count). The highest BCUT2D eigenvalue weighted by Crippen LogP contribution is 2.59. The third-order valence-corrected chi connectivity index (χ3v) is 15.7. The van der Waals surface area contributed by atoms with Crippen LogP contribution in [0.1, 0.15) is 87.0 Å². The maximum Gasteiger partial charge on any atom is 0.146 e. The number of aromatic amines is 2. The lowest BCUT2D eigenvalue weighted by Crippen LogP contribution is -2.59. The first-order valence-electron chi connectivity index (χ1n) is 24.5. The van der Waals surface area contributed by atoms with Crippen molar-refractivity contribution < 1.29 is 14.2 Å². The number of nitrogens with one attached hydrogen (secondary N) is 2. The number of allylic oxidation sites excluding steroid dienone is 2. The van der Waals surface area contributed by atoms with Gasteiger partial charge in [0.2, 0.25) is 0 Å². The first kappa shape index (κ1) is 43.7. The standard InChI is InChI=1S/C56H68N6O3/c1-61(31-13-23-51-57-47-19-11-21-49(63-3)53(47)59-51)33-29-55(37-41-25-27-43(55)35-45(41)39-15-7-5-8-16-39)65-56(38-42-26-28-44(56)36-46(42)40-17-9-6-10-18-40)30-34-62(2)32-14-24-52-58-48-20-12-22-50(64-4)54(48)60-52/h5-12,15-22,35-36,41-44H,13-14,23-34,37-38H2,1-4H3,(H,57,59)(H,58,60)/t41-,42-,43-,44-,55+,56+/m1/s1. The molecule has 65 heavy (non-hydrogen) atoms. The number of nitrogens with zero attached hydrogens (tertiary/aromatic N) is 4. The fourth-order valence-corrected chi connectivity index (χ4v) is 12.3. The van der Waals surface area contributed by atoms with Gasteiger partial charge < -0.3 is 34.0 Å². The van der Waals surface area contributed by atoms with Crippen LogP contribution in [0.4, 0.5) is 0 Å². The van der Waals surface area contributed by atoms with Crippen molar-refractivity contribution in [3.05, 3.63) is 132 Å². The molecule has 2 N–H and O–H groups in total. The van der Waals surface area contributed by atoms with Gasteiger partial charge in [0.15, 0.2) is 0 Å². The average molecular weight is 873 g/mol. The van der Waals surface area contributed by atoms with Crippen LogP contribution in [-0.4, -0.2) is 95.4 Å². The van der Waals surface area contributed by atoms with E-state index in [0.29, 0.717) is 23.7 Å². The van der Waals surface area contributed by atoms with Gasteiger partial charge >= 0.3 is 0 Å². The maximum absolute atomic E-state index is 8.31. The summed E-state index contributed by atoms with van der Waals surface area (Å²) in [6.45, 7) is 4.03. The molecule has 340 valence electrons. The molecule has 2 heterocycles. The lowest BCUT2D eigenvalue weighted by molar-refractivity contribution is -0.231. The molecule has 0 unspecified atom stereocenters. The van der Waals surface area contributed by atoms with E-state index in [4.69, 9.17) is 24.2 Å². The molecule has 0 saturated heterocycles. The molecule has 0 aliphatic heterocycles. The Morgan fingerprint density at radius 1 is 0.554 bits per heavy atom. The molecule has 6 atom stereocenters. The SMILES string of the molecule is COc1cccc2[nH]c(CCCN(C)CC[C@]3(O[C@@]4(CCN(C)CCCc5nc6c(OC)cccc6[nH]5)C[C@H]5CC[C@@H]4C=C5c4ccccc4)C[C@H]4CC[C@@H]3C=C4c3ccccc3)nc12. The predicted octanol–water partition coefficient (Wildman–Crippen LogP) is 11.2. The number of aryl methyl sites for hydroxylation is 2. The highest BCUT2D eigenvalue weighted by molar-refractivity contribution is 5.82. The normalized spacial score (nSPS) is 24.9. The zero-order valence-electron chi connectivity index (χ0n) is 39.0. The Bertz CT molecular complexity index is 2440. The van der Waals surface area contributed by atoms with Crippen molar-refractivity contribution in [3.63, 3.8) is 0 Å². The van der Waals surface area contributed by atoms with Crippen LogP contribution in [0, 0.1) is 23.7 Å². The topological polar surface area (TPSA) is 91.5 Å². The van der Waals surface area contributed by atoms with Crippen LogP contribution in [0.2, 0.25) is 0 Å². The van der Waals surface area contributed by atoms with Crippen molar-refractivity contribution in [3.8, 4) is 11.5 Å². The summed E-state index contributed by atoms with van der Waals surface area (Å²) in [5, 5.41) is 0. The zero-order valence-corrected chi connectivity index (χ0v) is 39.0. The molecule has 9 heteroatoms. The number of benzene rings is 4. The number of methoxy groups -OCH3 is 2. The van der Waals surface area contributed by atoms with Crippen LogP contribution in [0.3, 0.4) is 0 Å². The van der Waals surface area contributed by atoms with Crippen LogP contribution >= 0.6 is 0 Å². The van der Waals surface area contributed by atoms with Crippen molar-refractivity contribution in [1.29, 1.82) is 0 Å². The number of ether oxygens (including phenoxy) is 3. The third-order valence-electron chi connectivity index (χ3n) is 15.7. The van der Waals surface area contributed by atoms with Crippen LogP contribution < -0.4 is 9.47 Å². The van der Waals surface area contributed by atoms with E-state index < -0.39 is 0 Å². The number of aromatic nitrogens is 4. The van der Waals surface area contributed by atoms with Crippen molar-refractivity contribution >= 4 is 33.2 Å². The largest absolute Gasteiger partial charge is 0.494 e. The van der Waals surface area contributed by atoms with E-state index in [1.165, 1.54) is 36.8 Å². The number of fused-ring (bicyclic) bond motifs is 6. The van der Waals surface area contributed by atoms with Crippen molar-refractivity contribution in [2.45, 2.75) is 88.3 Å². The number of H-pyrrole nitrogens is 2. The minimum absolute atomic E-state index is 0.218. The second-order valence-electron chi connectivity index (χ2n) is 19.8. The van der Waals surface area contributed by atoms with E-state index in [-0.39, 0.29) is 11.2 Å². The predicted molar refractivity (Wildman–Crippen MR) is 263 cm³/mol. The third kappa shape index (κ3) is 9.04. The van der Waals surface area contributed by atoms with E-state index >= 15 is 0 Å². The van der Waals surface area contributed by atoms with Gasteiger partial charge in [-0.3, -0.25) is 0 Å². The summed E-state index contributed by atoms with van der Waals surface area (Å²) in [5.74, 6) is 5.48. The fraction of sp³-hybridized carbons (Fsp3) is 0.464. The summed E-state index contributed by atoms with van der Waals surface area (Å²) in [7, 11) is 8.05. The number of para-hydroxylation sites is 2. The highest BCUT2D eigenvalue weighted by Gasteiger charge is 2.56. The Morgan fingerprint density at radius 2 is 1.00 bits per heavy atom. The molecule has 6 aliphatic rings. The quantitative estimate of drug-likeness (QED) is 0.0789. The molecule has 2 fully saturated rings. The Kier molecular flexibility index (Phi) is 12.7. The zero-order chi connectivity index (χ0) is 44.4. The second kappa shape index (κ2) is 18.9. The fourth-order valence-electron chi connectivity index (χ4n) is 12.3. The summed E-state index contributed by atoms with van der Waals surface area (Å²) in [4.78, 5) is 22.0. The lowest BCUT2D eigenvalue weighted by atomic mass is 9.58. The smallest absolute Gasteiger partial charge is 0.146 e. The molecule has 0 amide bonds. The molecule has 4 aromatic carbocycles. The summed E-state index contributed by atoms with van der Waals surface area (Å²) >= 11 is 0. The van der Waals surface area contributed by atoms with E-state index in [1.807, 2.05) is 24.3 Å². The molecule has 4 bridgehead atoms. The van der Waals surface area contributed by atoms with Gasteiger partial charge in [-0.2, -0.15) is 0 Å². The van der Waals surface area contributed by atoms with Gasteiger partial charge in [0.05, 0.1) is 36.5 Å². The molecule has 6 aliphatic carbocycles. The van der Waals surface area contributed by atoms with Crippen molar-refractivity contribution in [2.75, 3.05) is 54.5 Å². The van der Waals surface area contributed by atoms with E-state index in [0.717, 1.165) is 123 Å². The highest BCUT2D eigenvalue weighted by atomic mass is 16.5. The first-order chi connectivity index (χ1) is 31.8.